The predicted octanol–water partition coefficient (Wildman–Crippen LogP) is 1.29. The molecule has 0 saturated heterocycles. The molecule has 5 heteroatoms. The van der Waals surface area contributed by atoms with Crippen LogP contribution >= 0.6 is 0 Å². The number of primary amides is 1. The van der Waals surface area contributed by atoms with Gasteiger partial charge in [-0.3, -0.25) is 5.32 Å². The summed E-state index contributed by atoms with van der Waals surface area (Å²) in [6.07, 6.45) is 0. The van der Waals surface area contributed by atoms with Gasteiger partial charge < -0.3 is 10.3 Å². The van der Waals surface area contributed by atoms with Crippen molar-refractivity contribution in [2.45, 2.75) is 19.8 Å². The van der Waals surface area contributed by atoms with E-state index in [9.17, 15) is 4.79 Å². The summed E-state index contributed by atoms with van der Waals surface area (Å²) in [7, 11) is 0. The van der Waals surface area contributed by atoms with E-state index in [4.69, 9.17) is 10.3 Å². The molecule has 0 aliphatic rings. The molecule has 1 rings (SSSR count). The van der Waals surface area contributed by atoms with E-state index in [0.29, 0.717) is 5.82 Å². The molecule has 5 nitrogen and oxygen atoms in total. The average molecular weight is 169 g/mol. The Morgan fingerprint density at radius 3 is 2.83 bits per heavy atom. The molecule has 12 heavy (non-hydrogen) atoms. The molecule has 1 heterocycles. The molecule has 1 aromatic rings. The number of carbonyl (C=O) groups excluding carboxylic acids is 1. The van der Waals surface area contributed by atoms with Crippen molar-refractivity contribution in [1.82, 2.24) is 5.16 Å². The molecular formula is C7H11N3O2. The molecule has 0 atom stereocenters. The third kappa shape index (κ3) is 1.98. The van der Waals surface area contributed by atoms with E-state index in [1.165, 1.54) is 0 Å². The first-order chi connectivity index (χ1) is 5.59. The number of nitrogens with two attached hydrogens (primary N) is 1. The standard InChI is InChI=1S/C7H11N3O2/c1-4(2)5-3-6(10-12-5)9-7(8)11/h3-4H,1-2H3,(H3,8,9,10,11). The number of carbonyl (C=O) groups is 1. The maximum absolute atomic E-state index is 10.4. The van der Waals surface area contributed by atoms with Gasteiger partial charge in [0.2, 0.25) is 0 Å². The number of nitrogens with one attached hydrogen (secondary N) is 1. The number of anilines is 1. The van der Waals surface area contributed by atoms with Crippen molar-refractivity contribution in [2.24, 2.45) is 5.73 Å². The Morgan fingerprint density at radius 2 is 2.42 bits per heavy atom. The molecule has 0 radical (unpaired) electrons. The van der Waals surface area contributed by atoms with E-state index in [0.717, 1.165) is 5.76 Å². The molecule has 0 aromatic carbocycles. The van der Waals surface area contributed by atoms with Gasteiger partial charge in [-0.2, -0.15) is 0 Å². The fourth-order valence-electron chi connectivity index (χ4n) is 0.747. The van der Waals surface area contributed by atoms with Gasteiger partial charge in [0.15, 0.2) is 5.82 Å². The van der Waals surface area contributed by atoms with Crippen LogP contribution in [-0.4, -0.2) is 11.2 Å². The number of hydrogen-bond donors (Lipinski definition) is 2. The third-order valence-corrected chi connectivity index (χ3v) is 1.35. The Balaban J connectivity index is 2.70. The average Bonchev–Trinajstić information content (AvgIpc) is 2.34. The van der Waals surface area contributed by atoms with Crippen LogP contribution in [0.4, 0.5) is 10.6 Å². The Labute approximate surface area is 69.9 Å². The molecule has 0 aliphatic heterocycles. The monoisotopic (exact) mass is 169 g/mol. The molecule has 0 fully saturated rings. The van der Waals surface area contributed by atoms with Crippen LogP contribution in [0.15, 0.2) is 10.6 Å². The molecular weight excluding hydrogens is 158 g/mol. The summed E-state index contributed by atoms with van der Waals surface area (Å²) in [6.45, 7) is 3.93. The Kier molecular flexibility index (Phi) is 2.32. The van der Waals surface area contributed by atoms with Crippen LogP contribution in [0.2, 0.25) is 0 Å². The zero-order valence-corrected chi connectivity index (χ0v) is 7.00. The Bertz CT molecular complexity index is 280. The molecule has 3 N–H and O–H groups in total. The minimum Gasteiger partial charge on any atom is -0.359 e. The molecule has 0 aliphatic carbocycles. The van der Waals surface area contributed by atoms with E-state index in [-0.39, 0.29) is 5.92 Å². The molecule has 0 spiro atoms. The van der Waals surface area contributed by atoms with Gasteiger partial charge in [-0.05, 0) is 0 Å². The summed E-state index contributed by atoms with van der Waals surface area (Å²) in [5, 5.41) is 5.90. The second kappa shape index (κ2) is 3.25. The highest BCUT2D eigenvalue weighted by Crippen LogP contribution is 2.17. The van der Waals surface area contributed by atoms with Gasteiger partial charge in [0, 0.05) is 12.0 Å². The fraction of sp³-hybridized carbons (Fsp3) is 0.429. The van der Waals surface area contributed by atoms with Gasteiger partial charge in [0.05, 0.1) is 0 Å². The second-order valence-corrected chi connectivity index (χ2v) is 2.76. The van der Waals surface area contributed by atoms with Crippen LogP contribution in [0.3, 0.4) is 0 Å². The Morgan fingerprint density at radius 1 is 1.75 bits per heavy atom. The lowest BCUT2D eigenvalue weighted by atomic mass is 10.2. The minimum absolute atomic E-state index is 0.251. The maximum Gasteiger partial charge on any atom is 0.317 e. The number of aromatic nitrogens is 1. The van der Waals surface area contributed by atoms with Crippen molar-refractivity contribution >= 4 is 11.8 Å². The van der Waals surface area contributed by atoms with Crippen LogP contribution in [-0.2, 0) is 0 Å². The molecule has 66 valence electrons. The van der Waals surface area contributed by atoms with Crippen LogP contribution in [0.1, 0.15) is 25.5 Å². The van der Waals surface area contributed by atoms with E-state index in [1.807, 2.05) is 13.8 Å². The highest BCUT2D eigenvalue weighted by Gasteiger charge is 2.07. The number of hydrogen-bond acceptors (Lipinski definition) is 3. The summed E-state index contributed by atoms with van der Waals surface area (Å²) in [6, 6.07) is 1.01. The number of rotatable bonds is 2. The first kappa shape index (κ1) is 8.58. The zero-order valence-electron chi connectivity index (χ0n) is 7.00. The van der Waals surface area contributed by atoms with Gasteiger partial charge >= 0.3 is 6.03 Å². The smallest absolute Gasteiger partial charge is 0.317 e. The fourth-order valence-corrected chi connectivity index (χ4v) is 0.747. The molecule has 1 aromatic heterocycles. The van der Waals surface area contributed by atoms with E-state index in [2.05, 4.69) is 10.5 Å². The lowest BCUT2D eigenvalue weighted by molar-refractivity contribution is 0.259. The quantitative estimate of drug-likeness (QED) is 0.699. The highest BCUT2D eigenvalue weighted by atomic mass is 16.5. The van der Waals surface area contributed by atoms with Gasteiger partial charge in [-0.25, -0.2) is 4.79 Å². The Hall–Kier alpha value is -1.52. The SMILES string of the molecule is CC(C)c1cc(NC(N)=O)no1. The van der Waals surface area contributed by atoms with Gasteiger partial charge in [-0.15, -0.1) is 0 Å². The van der Waals surface area contributed by atoms with Crippen molar-refractivity contribution in [3.8, 4) is 0 Å². The molecule has 0 unspecified atom stereocenters. The van der Waals surface area contributed by atoms with Crippen molar-refractivity contribution in [1.29, 1.82) is 0 Å². The molecule has 0 saturated carbocycles. The van der Waals surface area contributed by atoms with E-state index >= 15 is 0 Å². The predicted molar refractivity (Wildman–Crippen MR) is 43.8 cm³/mol. The summed E-state index contributed by atoms with van der Waals surface area (Å²) < 4.78 is 4.91. The van der Waals surface area contributed by atoms with Crippen molar-refractivity contribution in [3.05, 3.63) is 11.8 Å². The van der Waals surface area contributed by atoms with Crippen LogP contribution < -0.4 is 11.1 Å². The van der Waals surface area contributed by atoms with E-state index < -0.39 is 6.03 Å². The van der Waals surface area contributed by atoms with Gasteiger partial charge in [0.25, 0.3) is 0 Å². The van der Waals surface area contributed by atoms with Crippen molar-refractivity contribution in [3.63, 3.8) is 0 Å². The lowest BCUT2D eigenvalue weighted by Crippen LogP contribution is -2.19. The topological polar surface area (TPSA) is 81.1 Å². The first-order valence-corrected chi connectivity index (χ1v) is 3.62. The second-order valence-electron chi connectivity index (χ2n) is 2.76. The summed E-state index contributed by atoms with van der Waals surface area (Å²) in [4.78, 5) is 10.4. The number of nitrogens with zero attached hydrogens (tertiary/aromatic N) is 1. The number of urea groups is 1. The maximum atomic E-state index is 10.4. The normalized spacial score (nSPS) is 10.2. The largest absolute Gasteiger partial charge is 0.359 e. The molecule has 2 amide bonds. The highest BCUT2D eigenvalue weighted by molar-refractivity contribution is 5.86. The zero-order chi connectivity index (χ0) is 9.14. The number of amides is 2. The van der Waals surface area contributed by atoms with Crippen molar-refractivity contribution < 1.29 is 9.32 Å². The third-order valence-electron chi connectivity index (χ3n) is 1.35. The van der Waals surface area contributed by atoms with Crippen LogP contribution in [0.5, 0.6) is 0 Å². The minimum atomic E-state index is -0.640. The van der Waals surface area contributed by atoms with Gasteiger partial charge in [-0.1, -0.05) is 19.0 Å². The van der Waals surface area contributed by atoms with Gasteiger partial charge in [0.1, 0.15) is 5.76 Å². The van der Waals surface area contributed by atoms with E-state index in [1.54, 1.807) is 6.07 Å². The van der Waals surface area contributed by atoms with Crippen molar-refractivity contribution in [2.75, 3.05) is 5.32 Å². The molecule has 0 bridgehead atoms. The summed E-state index contributed by atoms with van der Waals surface area (Å²) >= 11 is 0. The van der Waals surface area contributed by atoms with Crippen LogP contribution in [0.25, 0.3) is 0 Å². The summed E-state index contributed by atoms with van der Waals surface area (Å²) in [5.74, 6) is 1.32. The first-order valence-electron chi connectivity index (χ1n) is 3.62. The lowest BCUT2D eigenvalue weighted by Gasteiger charge is -1.93. The van der Waals surface area contributed by atoms with Crippen LogP contribution in [0, 0.1) is 0 Å². The summed E-state index contributed by atoms with van der Waals surface area (Å²) in [5.41, 5.74) is 4.88.